The lowest BCUT2D eigenvalue weighted by Crippen LogP contribution is -2.57. The summed E-state index contributed by atoms with van der Waals surface area (Å²) in [5, 5.41) is 9.61. The summed E-state index contributed by atoms with van der Waals surface area (Å²) in [5.41, 5.74) is -2.32. The standard InChI is InChI=1S/C22H30N2O6/c1-4-7-14(2)23-10-5-9-22-15(18(26)24(11-12-25)17(22)19(23)27)16-20(28)29-13-6-8-21(16,3)30-22/h5-6,8-9,14-17,25H,4,7,10-13H2,1-3H3/t14?,15-,16+,17?,21-,22-/m0/s1. The maximum Gasteiger partial charge on any atom is 0.313 e. The van der Waals surface area contributed by atoms with E-state index in [1.165, 1.54) is 4.90 Å². The molecule has 0 aromatic heterocycles. The van der Waals surface area contributed by atoms with Gasteiger partial charge in [-0.1, -0.05) is 31.6 Å². The van der Waals surface area contributed by atoms with Crippen LogP contribution >= 0.6 is 0 Å². The number of rotatable bonds is 5. The number of carbonyl (C=O) groups is 3. The van der Waals surface area contributed by atoms with Crippen LogP contribution in [0, 0.1) is 11.8 Å². The van der Waals surface area contributed by atoms with Gasteiger partial charge in [-0.3, -0.25) is 14.4 Å². The van der Waals surface area contributed by atoms with Crippen LogP contribution in [0.1, 0.15) is 33.6 Å². The topological polar surface area (TPSA) is 96.4 Å². The third-order valence-electron chi connectivity index (χ3n) is 6.92. The Kier molecular flexibility index (Phi) is 5.26. The number of aliphatic hydroxyl groups is 1. The van der Waals surface area contributed by atoms with Crippen molar-refractivity contribution in [2.24, 2.45) is 11.8 Å². The normalized spacial score (nSPS) is 38.7. The molecular weight excluding hydrogens is 388 g/mol. The summed E-state index contributed by atoms with van der Waals surface area (Å²) in [6, 6.07) is -0.926. The number of carbonyl (C=O) groups excluding carboxylic acids is 3. The van der Waals surface area contributed by atoms with Crippen molar-refractivity contribution >= 4 is 17.8 Å². The van der Waals surface area contributed by atoms with Crippen molar-refractivity contribution in [3.8, 4) is 0 Å². The van der Waals surface area contributed by atoms with Gasteiger partial charge in [-0.15, -0.1) is 0 Å². The first-order valence-electron chi connectivity index (χ1n) is 10.7. The Morgan fingerprint density at radius 3 is 2.67 bits per heavy atom. The highest BCUT2D eigenvalue weighted by Gasteiger charge is 2.74. The quantitative estimate of drug-likeness (QED) is 0.520. The minimum Gasteiger partial charge on any atom is -0.461 e. The van der Waals surface area contributed by atoms with Gasteiger partial charge in [-0.2, -0.15) is 0 Å². The molecule has 8 heteroatoms. The van der Waals surface area contributed by atoms with E-state index in [0.717, 1.165) is 12.8 Å². The summed E-state index contributed by atoms with van der Waals surface area (Å²) >= 11 is 0. The van der Waals surface area contributed by atoms with Crippen molar-refractivity contribution in [2.45, 2.75) is 56.9 Å². The Balaban J connectivity index is 1.84. The number of β-amino-alcohol motifs (C(OH)–C–C–N with tert-alkyl or cyclic N) is 1. The van der Waals surface area contributed by atoms with Crippen LogP contribution in [0.2, 0.25) is 0 Å². The van der Waals surface area contributed by atoms with Gasteiger partial charge in [0, 0.05) is 19.1 Å². The van der Waals surface area contributed by atoms with Crippen LogP contribution in [0.3, 0.4) is 0 Å². The molecule has 0 radical (unpaired) electrons. The van der Waals surface area contributed by atoms with Gasteiger partial charge in [-0.05, 0) is 26.3 Å². The molecule has 30 heavy (non-hydrogen) atoms. The summed E-state index contributed by atoms with van der Waals surface area (Å²) in [5.74, 6) is -2.78. The van der Waals surface area contributed by atoms with Gasteiger partial charge < -0.3 is 24.4 Å². The average molecular weight is 418 g/mol. The highest BCUT2D eigenvalue weighted by molar-refractivity contribution is 5.99. The molecule has 0 aliphatic carbocycles. The average Bonchev–Trinajstić information content (AvgIpc) is 2.93. The molecule has 2 saturated heterocycles. The number of ether oxygens (including phenoxy) is 2. The summed E-state index contributed by atoms with van der Waals surface area (Å²) < 4.78 is 11.9. The Morgan fingerprint density at radius 2 is 1.97 bits per heavy atom. The molecule has 2 amide bonds. The van der Waals surface area contributed by atoms with Crippen molar-refractivity contribution in [1.29, 1.82) is 0 Å². The van der Waals surface area contributed by atoms with Crippen molar-refractivity contribution in [3.63, 3.8) is 0 Å². The summed E-state index contributed by atoms with van der Waals surface area (Å²) in [6.07, 6.45) is 8.94. The van der Waals surface area contributed by atoms with E-state index in [-0.39, 0.29) is 37.6 Å². The van der Waals surface area contributed by atoms with E-state index in [9.17, 15) is 19.5 Å². The zero-order chi connectivity index (χ0) is 21.7. The molecule has 0 saturated carbocycles. The molecule has 1 spiro atoms. The van der Waals surface area contributed by atoms with Gasteiger partial charge in [0.2, 0.25) is 11.8 Å². The van der Waals surface area contributed by atoms with Crippen LogP contribution in [0.15, 0.2) is 24.3 Å². The van der Waals surface area contributed by atoms with Gasteiger partial charge in [0.25, 0.3) is 0 Å². The number of nitrogens with zero attached hydrogens (tertiary/aromatic N) is 2. The smallest absolute Gasteiger partial charge is 0.313 e. The molecule has 8 nitrogen and oxygen atoms in total. The zero-order valence-corrected chi connectivity index (χ0v) is 17.7. The highest BCUT2D eigenvalue weighted by Crippen LogP contribution is 2.57. The van der Waals surface area contributed by atoms with Crippen molar-refractivity contribution < 1.29 is 29.0 Å². The second kappa shape index (κ2) is 7.50. The maximum atomic E-state index is 13.8. The lowest BCUT2D eigenvalue weighted by atomic mass is 9.74. The van der Waals surface area contributed by atoms with Crippen molar-refractivity contribution in [1.82, 2.24) is 9.80 Å². The van der Waals surface area contributed by atoms with Crippen molar-refractivity contribution in [2.75, 3.05) is 26.3 Å². The first-order chi connectivity index (χ1) is 14.3. The lowest BCUT2D eigenvalue weighted by molar-refractivity contribution is -0.158. The van der Waals surface area contributed by atoms with E-state index in [2.05, 4.69) is 6.92 Å². The van der Waals surface area contributed by atoms with E-state index >= 15 is 0 Å². The number of esters is 1. The van der Waals surface area contributed by atoms with Gasteiger partial charge in [0.05, 0.1) is 18.1 Å². The van der Waals surface area contributed by atoms with Crippen LogP contribution in [0.25, 0.3) is 0 Å². The van der Waals surface area contributed by atoms with Gasteiger partial charge in [-0.25, -0.2) is 0 Å². The maximum absolute atomic E-state index is 13.8. The fourth-order valence-corrected chi connectivity index (χ4v) is 5.69. The van der Waals surface area contributed by atoms with E-state index in [1.807, 2.05) is 13.0 Å². The Bertz CT molecular complexity index is 809. The van der Waals surface area contributed by atoms with Gasteiger partial charge in [0.15, 0.2) is 0 Å². The van der Waals surface area contributed by atoms with Crippen LogP contribution in [0.5, 0.6) is 0 Å². The first-order valence-corrected chi connectivity index (χ1v) is 10.7. The summed E-state index contributed by atoms with van der Waals surface area (Å²) in [4.78, 5) is 43.4. The fraction of sp³-hybridized carbons (Fsp3) is 0.682. The SMILES string of the molecule is CCCC(C)N1CC=C[C@]23O[C@@]4(C)C=CCOC(=O)[C@H]4[C@H]2C(=O)N(CCO)C3C1=O. The molecule has 4 heterocycles. The lowest BCUT2D eigenvalue weighted by Gasteiger charge is -2.38. The predicted octanol–water partition coefficient (Wildman–Crippen LogP) is 0.650. The Hall–Kier alpha value is -2.19. The van der Waals surface area contributed by atoms with E-state index < -0.39 is 35.0 Å². The predicted molar refractivity (Wildman–Crippen MR) is 107 cm³/mol. The van der Waals surface area contributed by atoms with Gasteiger partial charge >= 0.3 is 5.97 Å². The fourth-order valence-electron chi connectivity index (χ4n) is 5.69. The molecule has 4 rings (SSSR count). The highest BCUT2D eigenvalue weighted by atomic mass is 16.6. The molecule has 4 aliphatic rings. The molecule has 164 valence electrons. The minimum atomic E-state index is -1.27. The zero-order valence-electron chi connectivity index (χ0n) is 17.7. The van der Waals surface area contributed by atoms with Crippen LogP contribution in [-0.4, -0.2) is 82.3 Å². The monoisotopic (exact) mass is 418 g/mol. The number of fused-ring (bicyclic) bond motifs is 2. The van der Waals surface area contributed by atoms with Gasteiger partial charge in [0.1, 0.15) is 24.2 Å². The van der Waals surface area contributed by atoms with E-state index in [0.29, 0.717) is 6.54 Å². The number of cyclic esters (lactones) is 1. The van der Waals surface area contributed by atoms with Crippen LogP contribution in [0.4, 0.5) is 0 Å². The number of aliphatic hydroxyl groups excluding tert-OH is 1. The van der Waals surface area contributed by atoms with E-state index in [4.69, 9.17) is 9.47 Å². The first kappa shape index (κ1) is 21.1. The van der Waals surface area contributed by atoms with Crippen LogP contribution < -0.4 is 0 Å². The number of hydrogen-bond acceptors (Lipinski definition) is 6. The van der Waals surface area contributed by atoms with Crippen LogP contribution in [-0.2, 0) is 23.9 Å². The summed E-state index contributed by atoms with van der Waals surface area (Å²) in [6.45, 7) is 6.11. The molecule has 0 bridgehead atoms. The largest absolute Gasteiger partial charge is 0.461 e. The van der Waals surface area contributed by atoms with Crippen molar-refractivity contribution in [3.05, 3.63) is 24.3 Å². The number of amides is 2. The minimum absolute atomic E-state index is 0.000225. The molecule has 2 unspecified atom stereocenters. The third kappa shape index (κ3) is 2.84. The second-order valence-electron chi connectivity index (χ2n) is 8.82. The molecule has 2 fully saturated rings. The number of hydrogen-bond donors (Lipinski definition) is 1. The number of likely N-dealkylation sites (tertiary alicyclic amines) is 1. The Labute approximate surface area is 176 Å². The molecule has 0 aromatic carbocycles. The molecule has 1 N–H and O–H groups in total. The molecule has 4 aliphatic heterocycles. The second-order valence-corrected chi connectivity index (χ2v) is 8.82. The molecule has 6 atom stereocenters. The van der Waals surface area contributed by atoms with E-state index in [1.54, 1.807) is 30.1 Å². The molecule has 0 aromatic rings. The summed E-state index contributed by atoms with van der Waals surface area (Å²) in [7, 11) is 0. The Morgan fingerprint density at radius 1 is 1.20 bits per heavy atom. The molecular formula is C22H30N2O6. The third-order valence-corrected chi connectivity index (χ3v) is 6.92.